The Morgan fingerprint density at radius 1 is 1.17 bits per heavy atom. The molecule has 0 spiro atoms. The first kappa shape index (κ1) is 10.9. The number of hydrogen-bond donors (Lipinski definition) is 0. The van der Waals surface area contributed by atoms with Gasteiger partial charge >= 0.3 is 0 Å². The van der Waals surface area contributed by atoms with Crippen molar-refractivity contribution in [3.05, 3.63) is 64.0 Å². The number of hydrogen-bond acceptors (Lipinski definition) is 2. The van der Waals surface area contributed by atoms with Crippen LogP contribution in [0.3, 0.4) is 0 Å². The monoisotopic (exact) mass is 246 g/mol. The molecule has 18 heavy (non-hydrogen) atoms. The van der Waals surface area contributed by atoms with Gasteiger partial charge < -0.3 is 4.42 Å². The minimum atomic E-state index is -0.865. The quantitative estimate of drug-likeness (QED) is 0.771. The number of halogens is 2. The topological polar surface area (TPSA) is 30.2 Å². The number of allylic oxidation sites excluding steroid dienone is 4. The minimum Gasteiger partial charge on any atom is -0.453 e. The second-order valence-electron chi connectivity index (χ2n) is 4.06. The van der Waals surface area contributed by atoms with Crippen LogP contribution in [-0.4, -0.2) is 0 Å². The largest absolute Gasteiger partial charge is 0.453 e. The second kappa shape index (κ2) is 3.91. The van der Waals surface area contributed by atoms with Crippen LogP contribution in [0.4, 0.5) is 8.78 Å². The summed E-state index contributed by atoms with van der Waals surface area (Å²) in [7, 11) is 0. The van der Waals surface area contributed by atoms with E-state index in [9.17, 15) is 13.6 Å². The van der Waals surface area contributed by atoms with Crippen LogP contribution in [0, 0.1) is 11.6 Å². The lowest BCUT2D eigenvalue weighted by molar-refractivity contribution is 0.530. The smallest absolute Gasteiger partial charge is 0.193 e. The Balaban J connectivity index is 2.30. The van der Waals surface area contributed by atoms with Gasteiger partial charge in [-0.15, -0.1) is 0 Å². The molecule has 0 radical (unpaired) electrons. The first-order valence-corrected chi connectivity index (χ1v) is 5.44. The number of rotatable bonds is 1. The summed E-state index contributed by atoms with van der Waals surface area (Å²) in [6.45, 7) is 0. The van der Waals surface area contributed by atoms with E-state index in [4.69, 9.17) is 4.42 Å². The van der Waals surface area contributed by atoms with Gasteiger partial charge in [-0.05, 0) is 18.1 Å². The molecule has 3 rings (SSSR count). The van der Waals surface area contributed by atoms with Crippen LogP contribution in [0.25, 0.3) is 16.5 Å². The molecule has 0 bridgehead atoms. The van der Waals surface area contributed by atoms with E-state index in [0.29, 0.717) is 18.2 Å². The molecule has 1 aliphatic carbocycles. The minimum absolute atomic E-state index is 0.0807. The van der Waals surface area contributed by atoms with Crippen molar-refractivity contribution in [1.29, 1.82) is 0 Å². The predicted molar refractivity (Wildman–Crippen MR) is 64.1 cm³/mol. The van der Waals surface area contributed by atoms with Crippen molar-refractivity contribution >= 4 is 16.5 Å². The van der Waals surface area contributed by atoms with Gasteiger partial charge in [0.25, 0.3) is 0 Å². The lowest BCUT2D eigenvalue weighted by Crippen LogP contribution is -2.03. The molecule has 0 aliphatic heterocycles. The Kier molecular flexibility index (Phi) is 2.37. The Morgan fingerprint density at radius 2 is 2.00 bits per heavy atom. The lowest BCUT2D eigenvalue weighted by atomic mass is 10.1. The molecule has 1 aliphatic rings. The Bertz CT molecular complexity index is 754. The summed E-state index contributed by atoms with van der Waals surface area (Å²) in [6, 6.07) is 2.95. The van der Waals surface area contributed by atoms with Crippen LogP contribution in [0.15, 0.2) is 45.6 Å². The molecule has 2 nitrogen and oxygen atoms in total. The zero-order valence-electron chi connectivity index (χ0n) is 9.24. The first-order chi connectivity index (χ1) is 8.65. The van der Waals surface area contributed by atoms with Crippen LogP contribution in [-0.2, 0) is 0 Å². The Morgan fingerprint density at radius 3 is 2.72 bits per heavy atom. The van der Waals surface area contributed by atoms with Gasteiger partial charge in [0, 0.05) is 12.1 Å². The summed E-state index contributed by atoms with van der Waals surface area (Å²) < 4.78 is 32.0. The molecular weight excluding hydrogens is 238 g/mol. The normalized spacial score (nSPS) is 14.2. The van der Waals surface area contributed by atoms with E-state index in [-0.39, 0.29) is 11.0 Å². The van der Waals surface area contributed by atoms with Crippen molar-refractivity contribution in [2.24, 2.45) is 0 Å². The third-order valence-corrected chi connectivity index (χ3v) is 2.84. The maximum Gasteiger partial charge on any atom is 0.193 e. The van der Waals surface area contributed by atoms with E-state index in [1.165, 1.54) is 6.07 Å². The van der Waals surface area contributed by atoms with Crippen molar-refractivity contribution in [2.45, 2.75) is 6.42 Å². The molecule has 0 unspecified atom stereocenters. The molecular formula is C14H8F2O2. The highest BCUT2D eigenvalue weighted by atomic mass is 19.1. The van der Waals surface area contributed by atoms with Crippen LogP contribution >= 0.6 is 0 Å². The molecule has 90 valence electrons. The van der Waals surface area contributed by atoms with Crippen molar-refractivity contribution in [3.8, 4) is 0 Å². The molecule has 1 heterocycles. The summed E-state index contributed by atoms with van der Waals surface area (Å²) in [6.07, 6.45) is 6.17. The zero-order valence-corrected chi connectivity index (χ0v) is 9.24. The molecule has 4 heteroatoms. The molecule has 1 aromatic carbocycles. The van der Waals surface area contributed by atoms with Crippen LogP contribution in [0.2, 0.25) is 0 Å². The SMILES string of the molecule is O=c1cc(C2=CC=CC2)oc2c(F)cc(F)cc12. The van der Waals surface area contributed by atoms with Gasteiger partial charge in [0.2, 0.25) is 0 Å². The molecule has 0 amide bonds. The van der Waals surface area contributed by atoms with E-state index in [2.05, 4.69) is 0 Å². The molecule has 0 fully saturated rings. The Hall–Kier alpha value is -2.23. The fourth-order valence-corrected chi connectivity index (χ4v) is 1.97. The highest BCUT2D eigenvalue weighted by Crippen LogP contribution is 2.26. The zero-order chi connectivity index (χ0) is 12.7. The molecule has 0 atom stereocenters. The summed E-state index contributed by atoms with van der Waals surface area (Å²) in [4.78, 5) is 11.8. The Labute approximate surface area is 101 Å². The van der Waals surface area contributed by atoms with Gasteiger partial charge in [-0.3, -0.25) is 4.79 Å². The third-order valence-electron chi connectivity index (χ3n) is 2.84. The summed E-state index contributed by atoms with van der Waals surface area (Å²) >= 11 is 0. The van der Waals surface area contributed by atoms with Gasteiger partial charge in [0.05, 0.1) is 5.39 Å². The first-order valence-electron chi connectivity index (χ1n) is 5.44. The molecule has 2 aromatic rings. The van der Waals surface area contributed by atoms with Gasteiger partial charge in [0.15, 0.2) is 16.8 Å². The average molecular weight is 246 g/mol. The fourth-order valence-electron chi connectivity index (χ4n) is 1.97. The van der Waals surface area contributed by atoms with E-state index < -0.39 is 17.1 Å². The van der Waals surface area contributed by atoms with Gasteiger partial charge in [0.1, 0.15) is 11.6 Å². The maximum absolute atomic E-state index is 13.6. The second-order valence-corrected chi connectivity index (χ2v) is 4.06. The highest BCUT2D eigenvalue weighted by Gasteiger charge is 2.14. The molecule has 0 N–H and O–H groups in total. The predicted octanol–water partition coefficient (Wildman–Crippen LogP) is 3.41. The third kappa shape index (κ3) is 1.66. The van der Waals surface area contributed by atoms with Gasteiger partial charge in [-0.2, -0.15) is 0 Å². The van der Waals surface area contributed by atoms with Gasteiger partial charge in [-0.25, -0.2) is 8.78 Å². The van der Waals surface area contributed by atoms with Crippen LogP contribution < -0.4 is 5.43 Å². The standard InChI is InChI=1S/C14H8F2O2/c15-9-5-10-12(17)7-13(8-3-1-2-4-8)18-14(10)11(16)6-9/h1-3,5-7H,4H2. The van der Waals surface area contributed by atoms with E-state index >= 15 is 0 Å². The van der Waals surface area contributed by atoms with E-state index in [1.807, 2.05) is 12.2 Å². The summed E-state index contributed by atoms with van der Waals surface area (Å²) in [5.41, 5.74) is 0.155. The molecule has 0 saturated heterocycles. The van der Waals surface area contributed by atoms with E-state index in [1.54, 1.807) is 6.08 Å². The number of benzene rings is 1. The summed E-state index contributed by atoms with van der Waals surface area (Å²) in [5, 5.41) is -0.0807. The highest BCUT2D eigenvalue weighted by molar-refractivity contribution is 5.79. The molecule has 0 saturated carbocycles. The van der Waals surface area contributed by atoms with Crippen molar-refractivity contribution in [1.82, 2.24) is 0 Å². The number of fused-ring (bicyclic) bond motifs is 1. The van der Waals surface area contributed by atoms with Crippen molar-refractivity contribution < 1.29 is 13.2 Å². The van der Waals surface area contributed by atoms with Crippen LogP contribution in [0.1, 0.15) is 12.2 Å². The van der Waals surface area contributed by atoms with Crippen molar-refractivity contribution in [3.63, 3.8) is 0 Å². The van der Waals surface area contributed by atoms with E-state index in [0.717, 1.165) is 11.6 Å². The molecule has 1 aromatic heterocycles. The summed E-state index contributed by atoms with van der Waals surface area (Å²) in [5.74, 6) is -1.33. The maximum atomic E-state index is 13.6. The average Bonchev–Trinajstić information content (AvgIpc) is 2.83. The fraction of sp³-hybridized carbons (Fsp3) is 0.0714. The van der Waals surface area contributed by atoms with Gasteiger partial charge in [-0.1, -0.05) is 18.2 Å². The van der Waals surface area contributed by atoms with Crippen molar-refractivity contribution in [2.75, 3.05) is 0 Å². The van der Waals surface area contributed by atoms with Crippen LogP contribution in [0.5, 0.6) is 0 Å². The lowest BCUT2D eigenvalue weighted by Gasteiger charge is -2.04.